The molecule has 4 aliphatic carbocycles. The molecule has 7 atom stereocenters. The van der Waals surface area contributed by atoms with Crippen LogP contribution in [0, 0.1) is 46.2 Å². The Morgan fingerprint density at radius 1 is 1.18 bits per heavy atom. The average Bonchev–Trinajstić information content (AvgIpc) is 3.40. The predicted octanol–water partition coefficient (Wildman–Crippen LogP) is 7.45. The van der Waals surface area contributed by atoms with Gasteiger partial charge in [0.15, 0.2) is 5.13 Å². The van der Waals surface area contributed by atoms with E-state index in [1.807, 2.05) is 6.07 Å². The number of aryl methyl sites for hydroxylation is 1. The summed E-state index contributed by atoms with van der Waals surface area (Å²) in [6.07, 6.45) is 11.1. The summed E-state index contributed by atoms with van der Waals surface area (Å²) in [7, 11) is 0. The van der Waals surface area contributed by atoms with Crippen molar-refractivity contribution in [2.45, 2.75) is 65.7 Å². The molecule has 182 valence electrons. The molecule has 2 aromatic rings. The summed E-state index contributed by atoms with van der Waals surface area (Å²) < 4.78 is 14.2. The van der Waals surface area contributed by atoms with Gasteiger partial charge >= 0.3 is 0 Å². The van der Waals surface area contributed by atoms with Gasteiger partial charge in [-0.05, 0) is 103 Å². The maximum Gasteiger partial charge on any atom is 0.188 e. The lowest BCUT2D eigenvalue weighted by Crippen LogP contribution is -2.50. The van der Waals surface area contributed by atoms with Crippen LogP contribution in [0.15, 0.2) is 30.3 Å². The molecule has 6 rings (SSSR count). The molecule has 4 aliphatic rings. The maximum atomic E-state index is 14.2. The molecule has 0 radical (unpaired) electrons. The molecule has 34 heavy (non-hydrogen) atoms. The summed E-state index contributed by atoms with van der Waals surface area (Å²) in [5, 5.41) is 13.9. The Labute approximate surface area is 206 Å². The Balaban J connectivity index is 1.30. The van der Waals surface area contributed by atoms with Crippen LogP contribution in [-0.2, 0) is 6.42 Å². The third kappa shape index (κ3) is 3.26. The zero-order chi connectivity index (χ0) is 23.7. The van der Waals surface area contributed by atoms with Crippen molar-refractivity contribution >= 4 is 27.7 Å². The van der Waals surface area contributed by atoms with Gasteiger partial charge in [-0.3, -0.25) is 0 Å². The molecule has 1 aromatic carbocycles. The predicted molar refractivity (Wildman–Crippen MR) is 138 cm³/mol. The van der Waals surface area contributed by atoms with E-state index in [1.165, 1.54) is 54.3 Å². The summed E-state index contributed by atoms with van der Waals surface area (Å²) in [6, 6.07) is 6.83. The standard InChI is InChI=1S/C29H37FN2OS/c1-17(16-33)19-10-11-20-18-8-9-22-26-25(13-15-29(22,3)21(18)12-14-28(19,20)2)32-27(34-26)31-24-7-5-4-6-23(24)30/h4-7,9,17-21,33H,8,10-16H2,1-3H3,(H,31,32)/t17-,18-,19+,20-,21-,28+,29+/m0/s1. The van der Waals surface area contributed by atoms with Gasteiger partial charge in [0.2, 0.25) is 0 Å². The van der Waals surface area contributed by atoms with Crippen LogP contribution in [-0.4, -0.2) is 16.7 Å². The molecule has 0 spiro atoms. The van der Waals surface area contributed by atoms with Crippen LogP contribution in [0.5, 0.6) is 0 Å². The van der Waals surface area contributed by atoms with Crippen molar-refractivity contribution in [2.24, 2.45) is 40.4 Å². The number of nitrogens with one attached hydrogen (secondary N) is 1. The maximum absolute atomic E-state index is 14.2. The third-order valence-electron chi connectivity index (χ3n) is 10.5. The lowest BCUT2D eigenvalue weighted by Gasteiger charge is -2.57. The van der Waals surface area contributed by atoms with Gasteiger partial charge in [-0.15, -0.1) is 0 Å². The fraction of sp³-hybridized carbons (Fsp3) is 0.621. The van der Waals surface area contributed by atoms with E-state index in [4.69, 9.17) is 4.98 Å². The Bertz CT molecular complexity index is 1130. The topological polar surface area (TPSA) is 45.1 Å². The number of para-hydroxylation sites is 1. The Hall–Kier alpha value is -1.72. The largest absolute Gasteiger partial charge is 0.396 e. The summed E-state index contributed by atoms with van der Waals surface area (Å²) >= 11 is 1.70. The lowest BCUT2D eigenvalue weighted by molar-refractivity contribution is -0.0430. The number of aromatic nitrogens is 1. The second-order valence-electron chi connectivity index (χ2n) is 11.9. The van der Waals surface area contributed by atoms with Crippen LogP contribution in [0.25, 0.3) is 5.57 Å². The minimum Gasteiger partial charge on any atom is -0.396 e. The number of aliphatic hydroxyl groups is 1. The SMILES string of the molecule is C[C@@H](CO)[C@H]1CC[C@H]2[C@@H]3CC=C4c5sc(Nc6ccccc6F)nc5CC[C@]4(C)[C@H]3CC[C@]12C. The normalized spacial score (nSPS) is 37.1. The number of nitrogens with zero attached hydrogens (tertiary/aromatic N) is 1. The van der Waals surface area contributed by atoms with Crippen molar-refractivity contribution in [2.75, 3.05) is 11.9 Å². The summed E-state index contributed by atoms with van der Waals surface area (Å²) in [5.41, 5.74) is 3.78. The highest BCUT2D eigenvalue weighted by Crippen LogP contribution is 2.68. The van der Waals surface area contributed by atoms with Crippen LogP contribution in [0.2, 0.25) is 0 Å². The summed E-state index contributed by atoms with van der Waals surface area (Å²) in [5.74, 6) is 3.09. The number of fused-ring (bicyclic) bond motifs is 7. The van der Waals surface area contributed by atoms with E-state index in [0.717, 1.165) is 35.7 Å². The number of aliphatic hydroxyl groups excluding tert-OH is 1. The Morgan fingerprint density at radius 3 is 2.79 bits per heavy atom. The number of allylic oxidation sites excluding steroid dienone is 2. The molecule has 0 amide bonds. The first-order valence-corrected chi connectivity index (χ1v) is 14.0. The van der Waals surface area contributed by atoms with Crippen molar-refractivity contribution in [3.63, 3.8) is 0 Å². The van der Waals surface area contributed by atoms with E-state index in [0.29, 0.717) is 29.5 Å². The number of hydrogen-bond acceptors (Lipinski definition) is 4. The number of hydrogen-bond donors (Lipinski definition) is 2. The zero-order valence-corrected chi connectivity index (χ0v) is 21.4. The molecule has 5 heteroatoms. The molecule has 2 saturated carbocycles. The van der Waals surface area contributed by atoms with Crippen molar-refractivity contribution < 1.29 is 9.50 Å². The summed E-state index contributed by atoms with van der Waals surface area (Å²) in [4.78, 5) is 6.22. The van der Waals surface area contributed by atoms with Gasteiger partial charge in [0.25, 0.3) is 0 Å². The van der Waals surface area contributed by atoms with Gasteiger partial charge < -0.3 is 10.4 Å². The van der Waals surface area contributed by atoms with E-state index >= 15 is 0 Å². The minimum absolute atomic E-state index is 0.208. The molecule has 2 fully saturated rings. The highest BCUT2D eigenvalue weighted by atomic mass is 32.1. The smallest absolute Gasteiger partial charge is 0.188 e. The van der Waals surface area contributed by atoms with E-state index in [9.17, 15) is 9.50 Å². The molecule has 0 aliphatic heterocycles. The van der Waals surface area contributed by atoms with Gasteiger partial charge in [0, 0.05) is 6.61 Å². The van der Waals surface area contributed by atoms with E-state index in [-0.39, 0.29) is 11.2 Å². The third-order valence-corrected chi connectivity index (χ3v) is 11.5. The van der Waals surface area contributed by atoms with E-state index in [1.54, 1.807) is 23.5 Å². The first kappa shape index (κ1) is 22.7. The number of halogens is 1. The first-order chi connectivity index (χ1) is 16.3. The van der Waals surface area contributed by atoms with Crippen LogP contribution < -0.4 is 5.32 Å². The fourth-order valence-electron chi connectivity index (χ4n) is 8.71. The van der Waals surface area contributed by atoms with E-state index < -0.39 is 0 Å². The molecule has 1 aromatic heterocycles. The molecule has 3 nitrogen and oxygen atoms in total. The van der Waals surface area contributed by atoms with Crippen LogP contribution in [0.4, 0.5) is 15.2 Å². The highest BCUT2D eigenvalue weighted by molar-refractivity contribution is 7.16. The molecule has 0 unspecified atom stereocenters. The highest BCUT2D eigenvalue weighted by Gasteiger charge is 2.59. The van der Waals surface area contributed by atoms with Gasteiger partial charge in [-0.1, -0.05) is 50.3 Å². The number of benzene rings is 1. The molecule has 0 bridgehead atoms. The number of thiazole rings is 1. The van der Waals surface area contributed by atoms with Crippen molar-refractivity contribution in [3.8, 4) is 0 Å². The minimum atomic E-state index is -0.240. The van der Waals surface area contributed by atoms with Crippen LogP contribution >= 0.6 is 11.3 Å². The van der Waals surface area contributed by atoms with Gasteiger partial charge in [0.1, 0.15) is 5.82 Å². The monoisotopic (exact) mass is 480 g/mol. The molecule has 2 N–H and O–H groups in total. The zero-order valence-electron chi connectivity index (χ0n) is 20.6. The lowest BCUT2D eigenvalue weighted by atomic mass is 9.47. The number of rotatable bonds is 4. The summed E-state index contributed by atoms with van der Waals surface area (Å²) in [6.45, 7) is 7.64. The Kier molecular flexibility index (Phi) is 5.46. The van der Waals surface area contributed by atoms with E-state index in [2.05, 4.69) is 32.2 Å². The molecule has 0 saturated heterocycles. The van der Waals surface area contributed by atoms with Crippen molar-refractivity contribution in [1.82, 2.24) is 4.98 Å². The second-order valence-corrected chi connectivity index (χ2v) is 12.9. The molecular weight excluding hydrogens is 443 g/mol. The van der Waals surface area contributed by atoms with Crippen LogP contribution in [0.1, 0.15) is 69.9 Å². The molecular formula is C29H37FN2OS. The first-order valence-electron chi connectivity index (χ1n) is 13.2. The van der Waals surface area contributed by atoms with Gasteiger partial charge in [-0.2, -0.15) is 0 Å². The second kappa shape index (κ2) is 8.16. The van der Waals surface area contributed by atoms with Crippen molar-refractivity contribution in [3.05, 3.63) is 46.7 Å². The van der Waals surface area contributed by atoms with Gasteiger partial charge in [0.05, 0.1) is 16.3 Å². The van der Waals surface area contributed by atoms with Gasteiger partial charge in [-0.25, -0.2) is 9.37 Å². The quantitative estimate of drug-likeness (QED) is 0.478. The average molecular weight is 481 g/mol. The van der Waals surface area contributed by atoms with Crippen LogP contribution in [0.3, 0.4) is 0 Å². The molecule has 1 heterocycles. The van der Waals surface area contributed by atoms with Crippen molar-refractivity contribution in [1.29, 1.82) is 0 Å². The Morgan fingerprint density at radius 2 is 2.00 bits per heavy atom. The fourth-order valence-corrected chi connectivity index (χ4v) is 9.91. The number of anilines is 2.